The number of halogens is 1. The number of piperidine rings is 1. The highest BCUT2D eigenvalue weighted by Crippen LogP contribution is 2.35. The lowest BCUT2D eigenvalue weighted by atomic mass is 9.88. The topological polar surface area (TPSA) is 121 Å². The molecule has 5 atom stereocenters. The van der Waals surface area contributed by atoms with Gasteiger partial charge in [0.05, 0.1) is 32.0 Å². The van der Waals surface area contributed by atoms with Crippen LogP contribution < -0.4 is 5.32 Å². The van der Waals surface area contributed by atoms with Crippen LogP contribution in [0.3, 0.4) is 0 Å². The lowest BCUT2D eigenvalue weighted by Crippen LogP contribution is -2.60. The number of hydrogen-bond acceptors (Lipinski definition) is 7. The monoisotopic (exact) mass is 638 g/mol. The highest BCUT2D eigenvalue weighted by Gasteiger charge is 2.40. The van der Waals surface area contributed by atoms with Crippen molar-refractivity contribution >= 4 is 29.8 Å². The summed E-state index contributed by atoms with van der Waals surface area (Å²) >= 11 is 6.34. The predicted molar refractivity (Wildman–Crippen MR) is 169 cm³/mol. The van der Waals surface area contributed by atoms with E-state index < -0.39 is 23.9 Å². The maximum Gasteiger partial charge on any atom is 0.410 e. The van der Waals surface area contributed by atoms with Gasteiger partial charge in [-0.15, -0.1) is 0 Å². The van der Waals surface area contributed by atoms with E-state index >= 15 is 0 Å². The number of carbonyl (C=O) groups excluding carboxylic acids is 3. The van der Waals surface area contributed by atoms with Gasteiger partial charge in [0.25, 0.3) is 0 Å². The van der Waals surface area contributed by atoms with Gasteiger partial charge in [-0.1, -0.05) is 36.6 Å². The molecule has 1 heterocycles. The van der Waals surface area contributed by atoms with E-state index in [0.29, 0.717) is 31.0 Å². The van der Waals surface area contributed by atoms with Gasteiger partial charge < -0.3 is 39.3 Å². The third-order valence-electron chi connectivity index (χ3n) is 8.18. The van der Waals surface area contributed by atoms with Gasteiger partial charge in [0.15, 0.2) is 0 Å². The summed E-state index contributed by atoms with van der Waals surface area (Å²) < 4.78 is 16.5. The van der Waals surface area contributed by atoms with Crippen molar-refractivity contribution in [2.75, 3.05) is 46.9 Å². The molecule has 0 spiro atoms. The standard InChI is InChI=1S/C32H51ClN4O7/c1-22(20-35(5)31(41)44-32(2,3)4)37(26-14-7-8-15-27(26)38)30(40)36-17-10-12-24(21-36)28(23-11-9-13-25(33)19-23)43-18-16-34-29(39)42-6/h9,11,13,19,22,24,26-28,38H,7-8,10,12,14-18,20-21H2,1-6H3,(H,34,39)/t22-,24?,26-,27+,28+/m1/s1. The van der Waals surface area contributed by atoms with E-state index in [0.717, 1.165) is 31.2 Å². The van der Waals surface area contributed by atoms with Crippen molar-refractivity contribution in [3.05, 3.63) is 34.9 Å². The third kappa shape index (κ3) is 10.4. The Kier molecular flexibility index (Phi) is 13.4. The molecule has 2 N–H and O–H groups in total. The van der Waals surface area contributed by atoms with Gasteiger partial charge in [-0.2, -0.15) is 0 Å². The number of methoxy groups -OCH3 is 1. The van der Waals surface area contributed by atoms with Crippen molar-refractivity contribution in [1.29, 1.82) is 0 Å². The Balaban J connectivity index is 1.80. The van der Waals surface area contributed by atoms with Crippen molar-refractivity contribution in [2.24, 2.45) is 5.92 Å². The molecule has 2 fully saturated rings. The Morgan fingerprint density at radius 2 is 1.89 bits per heavy atom. The largest absolute Gasteiger partial charge is 0.453 e. The molecule has 44 heavy (non-hydrogen) atoms. The maximum atomic E-state index is 14.4. The molecule has 1 saturated heterocycles. The molecule has 248 valence electrons. The smallest absolute Gasteiger partial charge is 0.410 e. The van der Waals surface area contributed by atoms with Crippen LogP contribution in [0.4, 0.5) is 14.4 Å². The number of likely N-dealkylation sites (tertiary alicyclic amines) is 1. The molecule has 1 aliphatic carbocycles. The second-order valence-electron chi connectivity index (χ2n) is 12.9. The summed E-state index contributed by atoms with van der Waals surface area (Å²) in [7, 11) is 2.98. The lowest BCUT2D eigenvalue weighted by Gasteiger charge is -2.46. The number of amides is 4. The Morgan fingerprint density at radius 1 is 1.16 bits per heavy atom. The van der Waals surface area contributed by atoms with Crippen LogP contribution in [0.5, 0.6) is 0 Å². The molecule has 1 saturated carbocycles. The summed E-state index contributed by atoms with van der Waals surface area (Å²) in [6.45, 7) is 9.21. The normalized spacial score (nSPS) is 22.0. The van der Waals surface area contributed by atoms with Crippen molar-refractivity contribution in [2.45, 2.75) is 96.1 Å². The van der Waals surface area contributed by atoms with E-state index in [2.05, 4.69) is 10.1 Å². The first-order chi connectivity index (χ1) is 20.8. The van der Waals surface area contributed by atoms with Crippen LogP contribution in [0, 0.1) is 5.92 Å². The fraction of sp³-hybridized carbons (Fsp3) is 0.719. The summed E-state index contributed by atoms with van der Waals surface area (Å²) in [6.07, 6.45) is 2.83. The summed E-state index contributed by atoms with van der Waals surface area (Å²) in [5, 5.41) is 14.3. The van der Waals surface area contributed by atoms with Crippen LogP contribution in [0.15, 0.2) is 24.3 Å². The number of benzene rings is 1. The number of alkyl carbamates (subject to hydrolysis) is 1. The van der Waals surface area contributed by atoms with Crippen LogP contribution in [-0.4, -0.2) is 109 Å². The second kappa shape index (κ2) is 16.5. The molecule has 0 bridgehead atoms. The third-order valence-corrected chi connectivity index (χ3v) is 8.41. The van der Waals surface area contributed by atoms with Crippen LogP contribution in [0.1, 0.15) is 77.9 Å². The average Bonchev–Trinajstić information content (AvgIpc) is 2.97. The van der Waals surface area contributed by atoms with Crippen LogP contribution in [0.2, 0.25) is 5.02 Å². The van der Waals surface area contributed by atoms with E-state index in [1.807, 2.05) is 50.8 Å². The number of ether oxygens (including phenoxy) is 3. The zero-order chi connectivity index (χ0) is 32.4. The molecule has 11 nitrogen and oxygen atoms in total. The molecule has 0 aromatic heterocycles. The Bertz CT molecular complexity index is 1100. The molecular weight excluding hydrogens is 588 g/mol. The first-order valence-electron chi connectivity index (χ1n) is 15.7. The molecule has 1 aromatic carbocycles. The van der Waals surface area contributed by atoms with Crippen molar-refractivity contribution in [1.82, 2.24) is 20.0 Å². The van der Waals surface area contributed by atoms with E-state index in [4.69, 9.17) is 21.1 Å². The van der Waals surface area contributed by atoms with Crippen molar-refractivity contribution in [3.8, 4) is 0 Å². The summed E-state index contributed by atoms with van der Waals surface area (Å²) in [5.74, 6) is -0.0258. The van der Waals surface area contributed by atoms with Gasteiger partial charge in [0, 0.05) is 50.2 Å². The number of nitrogens with one attached hydrogen (secondary N) is 1. The van der Waals surface area contributed by atoms with Gasteiger partial charge in [-0.25, -0.2) is 14.4 Å². The highest BCUT2D eigenvalue weighted by molar-refractivity contribution is 6.30. The molecule has 3 rings (SSSR count). The van der Waals surface area contributed by atoms with E-state index in [9.17, 15) is 19.5 Å². The molecule has 4 amide bonds. The lowest BCUT2D eigenvalue weighted by molar-refractivity contribution is -0.0222. The number of urea groups is 1. The maximum absolute atomic E-state index is 14.4. The number of carbonyl (C=O) groups is 3. The predicted octanol–water partition coefficient (Wildman–Crippen LogP) is 5.45. The Hall–Kier alpha value is -2.76. The Labute approximate surface area is 267 Å². The van der Waals surface area contributed by atoms with Gasteiger partial charge >= 0.3 is 18.2 Å². The summed E-state index contributed by atoms with van der Waals surface area (Å²) in [6, 6.07) is 6.67. The fourth-order valence-electron chi connectivity index (χ4n) is 6.17. The van der Waals surface area contributed by atoms with Gasteiger partial charge in [0.1, 0.15) is 5.60 Å². The number of aliphatic hydroxyl groups is 1. The van der Waals surface area contributed by atoms with Crippen LogP contribution in [-0.2, 0) is 14.2 Å². The minimum absolute atomic E-state index is 0.0258. The van der Waals surface area contributed by atoms with Crippen molar-refractivity contribution < 1.29 is 33.7 Å². The second-order valence-corrected chi connectivity index (χ2v) is 13.4. The van der Waals surface area contributed by atoms with Crippen molar-refractivity contribution in [3.63, 3.8) is 0 Å². The van der Waals surface area contributed by atoms with Crippen LogP contribution >= 0.6 is 11.6 Å². The first kappa shape index (κ1) is 35.7. The SMILES string of the molecule is COC(=O)NCCO[C@@H](c1cccc(Cl)c1)C1CCCN(C(=O)N([C@H](C)CN(C)C(=O)OC(C)(C)C)[C@@H]2CCCC[C@@H]2O)C1. The minimum Gasteiger partial charge on any atom is -0.453 e. The van der Waals surface area contributed by atoms with E-state index in [1.54, 1.807) is 18.0 Å². The molecule has 1 aromatic rings. The van der Waals surface area contributed by atoms with Crippen LogP contribution in [0.25, 0.3) is 0 Å². The molecular formula is C32H51ClN4O7. The molecule has 1 unspecified atom stereocenters. The molecule has 12 heteroatoms. The Morgan fingerprint density at radius 3 is 2.55 bits per heavy atom. The molecule has 2 aliphatic rings. The van der Waals surface area contributed by atoms with Gasteiger partial charge in [-0.05, 0) is 71.1 Å². The number of likely N-dealkylation sites (N-methyl/N-ethyl adjacent to an activating group) is 1. The van der Waals surface area contributed by atoms with E-state index in [-0.39, 0.29) is 49.8 Å². The summed E-state index contributed by atoms with van der Waals surface area (Å²) in [4.78, 5) is 43.8. The van der Waals surface area contributed by atoms with Gasteiger partial charge in [0.2, 0.25) is 0 Å². The number of aliphatic hydroxyl groups excluding tert-OH is 1. The van der Waals surface area contributed by atoms with Gasteiger partial charge in [-0.3, -0.25) is 0 Å². The quantitative estimate of drug-likeness (QED) is 0.327. The minimum atomic E-state index is -0.635. The highest BCUT2D eigenvalue weighted by atomic mass is 35.5. The summed E-state index contributed by atoms with van der Waals surface area (Å²) in [5.41, 5.74) is 0.269. The zero-order valence-corrected chi connectivity index (χ0v) is 27.8. The number of nitrogens with zero attached hydrogens (tertiary/aromatic N) is 3. The average molecular weight is 639 g/mol. The zero-order valence-electron chi connectivity index (χ0n) is 27.1. The molecule has 0 radical (unpaired) electrons. The first-order valence-corrected chi connectivity index (χ1v) is 16.1. The fourth-order valence-corrected chi connectivity index (χ4v) is 6.36. The molecule has 1 aliphatic heterocycles. The number of hydrogen-bond donors (Lipinski definition) is 2. The number of rotatable bonds is 10. The van der Waals surface area contributed by atoms with E-state index in [1.165, 1.54) is 12.0 Å².